The highest BCUT2D eigenvalue weighted by molar-refractivity contribution is 5.48. The molecule has 2 saturated carbocycles. The van der Waals surface area contributed by atoms with E-state index in [1.54, 1.807) is 0 Å². The number of hydrogen-bond donors (Lipinski definition) is 1. The van der Waals surface area contributed by atoms with Crippen LogP contribution in [0.2, 0.25) is 0 Å². The van der Waals surface area contributed by atoms with Gasteiger partial charge in [-0.25, -0.2) is 0 Å². The Balaban J connectivity index is 1.46. The highest BCUT2D eigenvalue weighted by Crippen LogP contribution is 2.80. The largest absolute Gasteiger partial charge is 0.490 e. The first-order valence-corrected chi connectivity index (χ1v) is 11.5. The molecule has 2 spiro atoms. The molecule has 0 bridgehead atoms. The van der Waals surface area contributed by atoms with Gasteiger partial charge in [0.05, 0.1) is 18.9 Å². The minimum absolute atomic E-state index is 0.00954. The summed E-state index contributed by atoms with van der Waals surface area (Å²) in [5.74, 6) is 1.59. The molecule has 166 valence electrons. The van der Waals surface area contributed by atoms with Gasteiger partial charge in [0.1, 0.15) is 29.7 Å². The van der Waals surface area contributed by atoms with E-state index < -0.39 is 11.2 Å². The van der Waals surface area contributed by atoms with Crippen molar-refractivity contribution in [3.8, 4) is 0 Å². The molecule has 30 heavy (non-hydrogen) atoms. The summed E-state index contributed by atoms with van der Waals surface area (Å²) < 4.78 is 32.2. The molecule has 6 rings (SSSR count). The summed E-state index contributed by atoms with van der Waals surface area (Å²) in [5, 5.41) is 3.17. The lowest BCUT2D eigenvalue weighted by atomic mass is 9.46. The monoisotopic (exact) mass is 417 g/mol. The molecule has 3 aliphatic carbocycles. The lowest BCUT2D eigenvalue weighted by molar-refractivity contribution is -0.214. The maximum absolute atomic E-state index is 6.79. The molecular formula is C24H35NO5. The van der Waals surface area contributed by atoms with Crippen LogP contribution in [-0.4, -0.2) is 62.6 Å². The standard InChI is InChI=1S/C24H35NO5/c1-13(2)22(26-6)10-19-24(30-19)21(4)8-7-15-14(3)27-11-16(15)17(21)9-18-23(24,29-18)20(22)28-12-25-5/h13,17-20,25H,3,7-12H2,1-2,4-6H3/t17?,18-,19-,20+,21-,22+,23+,24+/m0/s1. The van der Waals surface area contributed by atoms with Crippen LogP contribution in [0, 0.1) is 17.3 Å². The van der Waals surface area contributed by atoms with Crippen LogP contribution in [0.25, 0.3) is 0 Å². The second-order valence-electron chi connectivity index (χ2n) is 10.7. The van der Waals surface area contributed by atoms with E-state index in [1.807, 2.05) is 14.2 Å². The summed E-state index contributed by atoms with van der Waals surface area (Å²) in [6.45, 7) is 12.2. The van der Waals surface area contributed by atoms with E-state index in [2.05, 4.69) is 32.7 Å². The van der Waals surface area contributed by atoms with Gasteiger partial charge in [0.2, 0.25) is 0 Å². The van der Waals surface area contributed by atoms with Crippen molar-refractivity contribution < 1.29 is 23.7 Å². The van der Waals surface area contributed by atoms with Crippen LogP contribution >= 0.6 is 0 Å². The van der Waals surface area contributed by atoms with Gasteiger partial charge in [-0.15, -0.1) is 0 Å². The van der Waals surface area contributed by atoms with Crippen LogP contribution in [0.15, 0.2) is 23.5 Å². The molecule has 3 heterocycles. The molecule has 6 heteroatoms. The lowest BCUT2D eigenvalue weighted by Gasteiger charge is -2.57. The van der Waals surface area contributed by atoms with Gasteiger partial charge < -0.3 is 23.7 Å². The maximum Gasteiger partial charge on any atom is 0.155 e. The fourth-order valence-corrected chi connectivity index (χ4v) is 8.13. The highest BCUT2D eigenvalue weighted by Gasteiger charge is 2.95. The molecule has 2 saturated heterocycles. The zero-order chi connectivity index (χ0) is 21.1. The number of methoxy groups -OCH3 is 1. The van der Waals surface area contributed by atoms with Crippen molar-refractivity contribution in [1.29, 1.82) is 0 Å². The topological polar surface area (TPSA) is 64.8 Å². The quantitative estimate of drug-likeness (QED) is 0.548. The van der Waals surface area contributed by atoms with Crippen LogP contribution in [0.1, 0.15) is 46.5 Å². The highest BCUT2D eigenvalue weighted by atomic mass is 16.7. The van der Waals surface area contributed by atoms with Crippen molar-refractivity contribution >= 4 is 0 Å². The SMILES string of the molecule is C=C1OCC2=C1CC[C@@]1(C)C2C[C@@H]2O[C@@]23[C@H](OCNC)[C@](OC)(C(C)C)C[C@@H]2O[C@@]231. The van der Waals surface area contributed by atoms with Crippen molar-refractivity contribution in [2.45, 2.75) is 81.6 Å². The van der Waals surface area contributed by atoms with E-state index in [1.165, 1.54) is 11.1 Å². The molecule has 0 aromatic carbocycles. The van der Waals surface area contributed by atoms with Gasteiger partial charge in [-0.2, -0.15) is 0 Å². The summed E-state index contributed by atoms with van der Waals surface area (Å²) in [7, 11) is 3.74. The zero-order valence-corrected chi connectivity index (χ0v) is 18.9. The van der Waals surface area contributed by atoms with E-state index in [0.717, 1.165) is 31.4 Å². The molecule has 6 nitrogen and oxygen atoms in total. The van der Waals surface area contributed by atoms with Crippen molar-refractivity contribution in [3.05, 3.63) is 23.5 Å². The van der Waals surface area contributed by atoms with Crippen LogP contribution in [0.3, 0.4) is 0 Å². The first-order valence-electron chi connectivity index (χ1n) is 11.5. The Morgan fingerprint density at radius 1 is 1.27 bits per heavy atom. The van der Waals surface area contributed by atoms with Crippen LogP contribution in [-0.2, 0) is 23.7 Å². The summed E-state index contributed by atoms with van der Waals surface area (Å²) in [5.41, 5.74) is 1.67. The van der Waals surface area contributed by atoms with Gasteiger partial charge in [0.25, 0.3) is 0 Å². The van der Waals surface area contributed by atoms with Crippen LogP contribution < -0.4 is 5.32 Å². The predicted molar refractivity (Wildman–Crippen MR) is 111 cm³/mol. The van der Waals surface area contributed by atoms with Gasteiger partial charge in [-0.05, 0) is 49.3 Å². The number of fused-ring (bicyclic) bond motifs is 2. The van der Waals surface area contributed by atoms with Crippen molar-refractivity contribution in [2.75, 3.05) is 27.5 Å². The predicted octanol–water partition coefficient (Wildman–Crippen LogP) is 2.93. The zero-order valence-electron chi connectivity index (χ0n) is 18.9. The average molecular weight is 418 g/mol. The van der Waals surface area contributed by atoms with Crippen molar-refractivity contribution in [2.24, 2.45) is 17.3 Å². The van der Waals surface area contributed by atoms with E-state index in [4.69, 9.17) is 23.7 Å². The normalized spacial score (nSPS) is 52.8. The van der Waals surface area contributed by atoms with Gasteiger partial charge in [0, 0.05) is 18.9 Å². The van der Waals surface area contributed by atoms with Crippen LogP contribution in [0.4, 0.5) is 0 Å². The average Bonchev–Trinajstić information content (AvgIpc) is 3.59. The van der Waals surface area contributed by atoms with Gasteiger partial charge in [0.15, 0.2) is 5.60 Å². The fraction of sp³-hybridized carbons (Fsp3) is 0.833. The number of hydrogen-bond acceptors (Lipinski definition) is 6. The molecular weight excluding hydrogens is 382 g/mol. The summed E-state index contributed by atoms with van der Waals surface area (Å²) in [6, 6.07) is 0. The Morgan fingerprint density at radius 3 is 2.77 bits per heavy atom. The minimum Gasteiger partial charge on any atom is -0.490 e. The van der Waals surface area contributed by atoms with Crippen LogP contribution in [0.5, 0.6) is 0 Å². The minimum atomic E-state index is -0.424. The molecule has 0 amide bonds. The van der Waals surface area contributed by atoms with E-state index in [9.17, 15) is 0 Å². The molecule has 8 atom stereocenters. The Labute approximate surface area is 179 Å². The molecule has 0 aromatic heterocycles. The number of epoxide rings is 2. The van der Waals surface area contributed by atoms with Gasteiger partial charge in [-0.1, -0.05) is 27.4 Å². The summed E-state index contributed by atoms with van der Waals surface area (Å²) >= 11 is 0. The molecule has 1 unspecified atom stereocenters. The van der Waals surface area contributed by atoms with Gasteiger partial charge in [-0.3, -0.25) is 5.32 Å². The second kappa shape index (κ2) is 5.90. The fourth-order valence-electron chi connectivity index (χ4n) is 8.13. The number of ether oxygens (including phenoxy) is 5. The van der Waals surface area contributed by atoms with Crippen molar-refractivity contribution in [3.63, 3.8) is 0 Å². The summed E-state index contributed by atoms with van der Waals surface area (Å²) in [6.07, 6.45) is 4.08. The number of rotatable bonds is 5. The van der Waals surface area contributed by atoms with Crippen molar-refractivity contribution in [1.82, 2.24) is 5.32 Å². The maximum atomic E-state index is 6.79. The second-order valence-corrected chi connectivity index (χ2v) is 10.7. The molecule has 0 radical (unpaired) electrons. The molecule has 1 N–H and O–H groups in total. The Bertz CT molecular complexity index is 839. The smallest absolute Gasteiger partial charge is 0.155 e. The third-order valence-corrected chi connectivity index (χ3v) is 9.66. The first-order chi connectivity index (χ1) is 14.3. The third-order valence-electron chi connectivity index (χ3n) is 9.66. The Morgan fingerprint density at radius 2 is 2.07 bits per heavy atom. The molecule has 0 aromatic rings. The Hall–Kier alpha value is -0.920. The third kappa shape index (κ3) is 1.91. The van der Waals surface area contributed by atoms with E-state index in [-0.39, 0.29) is 29.3 Å². The lowest BCUT2D eigenvalue weighted by Crippen LogP contribution is -2.72. The number of allylic oxidation sites excluding steroid dienone is 1. The first kappa shape index (κ1) is 19.7. The van der Waals surface area contributed by atoms with E-state index in [0.29, 0.717) is 25.2 Å². The molecule has 6 aliphatic rings. The Kier molecular flexibility index (Phi) is 3.88. The number of nitrogens with one attached hydrogen (secondary N) is 1. The summed E-state index contributed by atoms with van der Waals surface area (Å²) in [4.78, 5) is 0. The van der Waals surface area contributed by atoms with E-state index >= 15 is 0 Å². The molecule has 4 fully saturated rings. The molecule has 3 aliphatic heterocycles. The van der Waals surface area contributed by atoms with Gasteiger partial charge >= 0.3 is 0 Å².